The molecule has 0 spiro atoms. The molecule has 7 heteroatoms. The number of piperidine rings is 1. The number of hydrogen-bond acceptors (Lipinski definition) is 3. The van der Waals surface area contributed by atoms with E-state index in [1.807, 2.05) is 18.2 Å². The lowest BCUT2D eigenvalue weighted by Crippen LogP contribution is -2.45. The Bertz CT molecular complexity index is 820. The predicted octanol–water partition coefficient (Wildman–Crippen LogP) is 5.25. The summed E-state index contributed by atoms with van der Waals surface area (Å²) in [5, 5.41) is 7.28. The zero-order chi connectivity index (χ0) is 19.6. The van der Waals surface area contributed by atoms with Gasteiger partial charge in [-0.05, 0) is 48.6 Å². The van der Waals surface area contributed by atoms with Gasteiger partial charge in [0.15, 0.2) is 0 Å². The number of alkyl halides is 2. The molecule has 2 atom stereocenters. The molecule has 0 amide bonds. The van der Waals surface area contributed by atoms with Gasteiger partial charge in [0.05, 0.1) is 7.11 Å². The monoisotopic (exact) mass is 458 g/mol. The lowest BCUT2D eigenvalue weighted by molar-refractivity contribution is -0.0122. The average molecular weight is 459 g/mol. The van der Waals surface area contributed by atoms with Crippen molar-refractivity contribution >= 4 is 24.8 Å². The summed E-state index contributed by atoms with van der Waals surface area (Å²) < 4.78 is 33.3. The minimum Gasteiger partial charge on any atom is -0.496 e. The highest BCUT2D eigenvalue weighted by Gasteiger charge is 2.34. The standard InChI is InChI=1S/C23H28F2N2O.2ClH/c1-28-21-13-17-9-10-23(24,25)14-18(17)12-19(21)15-27-20-8-5-11-26-22(20)16-6-3-2-4-7-16;;/h2-4,6-7,12-13,20,22,26-27H,5,8-11,14-15H2,1H3;2*1H/t20-,22-;;/m0../s1. The van der Waals surface area contributed by atoms with Crippen LogP contribution in [0.25, 0.3) is 0 Å². The van der Waals surface area contributed by atoms with Crippen LogP contribution in [0, 0.1) is 0 Å². The minimum atomic E-state index is -2.60. The van der Waals surface area contributed by atoms with E-state index < -0.39 is 5.92 Å². The van der Waals surface area contributed by atoms with Gasteiger partial charge in [-0.15, -0.1) is 24.8 Å². The molecule has 0 bridgehead atoms. The SMILES string of the molecule is COc1cc2c(cc1CN[C@H]1CCCN[C@H]1c1ccccc1)CC(F)(F)CC2.Cl.Cl. The Kier molecular flexibility index (Phi) is 8.92. The van der Waals surface area contributed by atoms with Gasteiger partial charge in [0.2, 0.25) is 0 Å². The molecule has 0 saturated carbocycles. The van der Waals surface area contributed by atoms with Gasteiger partial charge in [0, 0.05) is 37.0 Å². The summed E-state index contributed by atoms with van der Waals surface area (Å²) in [6.45, 7) is 1.62. The number of nitrogens with one attached hydrogen (secondary N) is 2. The summed E-state index contributed by atoms with van der Waals surface area (Å²) in [5.41, 5.74) is 3.98. The molecule has 1 aliphatic carbocycles. The molecule has 4 rings (SSSR count). The van der Waals surface area contributed by atoms with E-state index in [0.717, 1.165) is 41.8 Å². The largest absolute Gasteiger partial charge is 0.496 e. The first-order chi connectivity index (χ1) is 13.6. The quantitative estimate of drug-likeness (QED) is 0.641. The van der Waals surface area contributed by atoms with Crippen molar-refractivity contribution in [2.75, 3.05) is 13.7 Å². The second-order valence-electron chi connectivity index (χ2n) is 7.94. The fourth-order valence-electron chi connectivity index (χ4n) is 4.49. The Balaban J connectivity index is 0.00000160. The van der Waals surface area contributed by atoms with Crippen LogP contribution in [-0.4, -0.2) is 25.6 Å². The summed E-state index contributed by atoms with van der Waals surface area (Å²) in [7, 11) is 1.65. The zero-order valence-electron chi connectivity index (χ0n) is 17.1. The number of rotatable bonds is 5. The van der Waals surface area contributed by atoms with Crippen LogP contribution in [0.1, 0.15) is 47.6 Å². The maximum Gasteiger partial charge on any atom is 0.252 e. The van der Waals surface area contributed by atoms with Gasteiger partial charge in [0.1, 0.15) is 5.75 Å². The van der Waals surface area contributed by atoms with Gasteiger partial charge in [0.25, 0.3) is 5.92 Å². The first kappa shape index (κ1) is 24.9. The lowest BCUT2D eigenvalue weighted by atomic mass is 9.87. The third-order valence-electron chi connectivity index (χ3n) is 5.98. The molecule has 1 aliphatic heterocycles. The Morgan fingerprint density at radius 3 is 2.63 bits per heavy atom. The van der Waals surface area contributed by atoms with Crippen molar-refractivity contribution in [3.8, 4) is 5.75 Å². The molecule has 3 nitrogen and oxygen atoms in total. The Labute approximate surface area is 189 Å². The van der Waals surface area contributed by atoms with Crippen LogP contribution in [-0.2, 0) is 19.4 Å². The molecule has 1 heterocycles. The molecule has 1 saturated heterocycles. The third kappa shape index (κ3) is 5.64. The summed E-state index contributed by atoms with van der Waals surface area (Å²) in [5.74, 6) is -1.81. The highest BCUT2D eigenvalue weighted by Crippen LogP contribution is 2.36. The number of methoxy groups -OCH3 is 1. The number of benzene rings is 2. The van der Waals surface area contributed by atoms with Crippen molar-refractivity contribution in [1.29, 1.82) is 0 Å². The summed E-state index contributed by atoms with van der Waals surface area (Å²) in [6, 6.07) is 14.9. The molecule has 2 aromatic rings. The molecule has 30 heavy (non-hydrogen) atoms. The van der Waals surface area contributed by atoms with Crippen LogP contribution in [0.4, 0.5) is 8.78 Å². The van der Waals surface area contributed by atoms with E-state index in [-0.39, 0.29) is 43.7 Å². The van der Waals surface area contributed by atoms with Gasteiger partial charge in [-0.2, -0.15) is 0 Å². The van der Waals surface area contributed by atoms with Gasteiger partial charge in [-0.1, -0.05) is 36.4 Å². The van der Waals surface area contributed by atoms with E-state index in [0.29, 0.717) is 19.0 Å². The fourth-order valence-corrected chi connectivity index (χ4v) is 4.49. The van der Waals surface area contributed by atoms with Gasteiger partial charge >= 0.3 is 0 Å². The van der Waals surface area contributed by atoms with Crippen LogP contribution >= 0.6 is 24.8 Å². The molecule has 2 aliphatic rings. The van der Waals surface area contributed by atoms with Crippen LogP contribution in [0.5, 0.6) is 5.75 Å². The first-order valence-electron chi connectivity index (χ1n) is 10.1. The third-order valence-corrected chi connectivity index (χ3v) is 5.98. The van der Waals surface area contributed by atoms with Crippen LogP contribution < -0.4 is 15.4 Å². The molecule has 2 N–H and O–H groups in total. The smallest absolute Gasteiger partial charge is 0.252 e. The molecular formula is C23H30Cl2F2N2O. The van der Waals surface area contributed by atoms with Crippen LogP contribution in [0.2, 0.25) is 0 Å². The van der Waals surface area contributed by atoms with Crippen LogP contribution in [0.3, 0.4) is 0 Å². The maximum atomic E-state index is 13.9. The highest BCUT2D eigenvalue weighted by molar-refractivity contribution is 5.85. The van der Waals surface area contributed by atoms with Crippen molar-refractivity contribution in [2.24, 2.45) is 0 Å². The number of fused-ring (bicyclic) bond motifs is 1. The molecule has 2 aromatic carbocycles. The molecule has 1 fully saturated rings. The van der Waals surface area contributed by atoms with Gasteiger partial charge in [-0.3, -0.25) is 0 Å². The van der Waals surface area contributed by atoms with Crippen molar-refractivity contribution in [3.05, 3.63) is 64.7 Å². The lowest BCUT2D eigenvalue weighted by Gasteiger charge is -2.34. The second-order valence-corrected chi connectivity index (χ2v) is 7.94. The van der Waals surface area contributed by atoms with Crippen LogP contribution in [0.15, 0.2) is 42.5 Å². The van der Waals surface area contributed by atoms with Crippen molar-refractivity contribution in [1.82, 2.24) is 10.6 Å². The van der Waals surface area contributed by atoms with E-state index in [4.69, 9.17) is 4.74 Å². The first-order valence-corrected chi connectivity index (χ1v) is 10.1. The molecule has 0 aromatic heterocycles. The topological polar surface area (TPSA) is 33.3 Å². The average Bonchev–Trinajstić information content (AvgIpc) is 2.72. The number of aryl methyl sites for hydroxylation is 1. The number of hydrogen-bond donors (Lipinski definition) is 2. The minimum absolute atomic E-state index is 0. The molecule has 0 radical (unpaired) electrons. The molecule has 0 unspecified atom stereocenters. The zero-order valence-corrected chi connectivity index (χ0v) is 18.8. The van der Waals surface area contributed by atoms with E-state index in [9.17, 15) is 8.78 Å². The summed E-state index contributed by atoms with van der Waals surface area (Å²) >= 11 is 0. The van der Waals surface area contributed by atoms with Gasteiger partial charge < -0.3 is 15.4 Å². The van der Waals surface area contributed by atoms with E-state index in [1.165, 1.54) is 5.56 Å². The Morgan fingerprint density at radius 2 is 1.90 bits per heavy atom. The van der Waals surface area contributed by atoms with E-state index in [1.54, 1.807) is 7.11 Å². The van der Waals surface area contributed by atoms with Crippen molar-refractivity contribution in [2.45, 2.75) is 56.7 Å². The number of halogens is 4. The van der Waals surface area contributed by atoms with E-state index in [2.05, 4.69) is 34.9 Å². The summed E-state index contributed by atoms with van der Waals surface area (Å²) in [6.07, 6.45) is 2.37. The molecular weight excluding hydrogens is 429 g/mol. The Hall–Kier alpha value is -1.40. The fraction of sp³-hybridized carbons (Fsp3) is 0.478. The predicted molar refractivity (Wildman–Crippen MR) is 122 cm³/mol. The van der Waals surface area contributed by atoms with Gasteiger partial charge in [-0.25, -0.2) is 8.78 Å². The van der Waals surface area contributed by atoms with Crippen molar-refractivity contribution in [3.63, 3.8) is 0 Å². The normalized spacial score (nSPS) is 22.2. The highest BCUT2D eigenvalue weighted by atomic mass is 35.5. The van der Waals surface area contributed by atoms with Crippen molar-refractivity contribution < 1.29 is 13.5 Å². The molecule has 166 valence electrons. The summed E-state index contributed by atoms with van der Waals surface area (Å²) in [4.78, 5) is 0. The maximum absolute atomic E-state index is 13.9. The van der Waals surface area contributed by atoms with E-state index >= 15 is 0 Å². The number of ether oxygens (including phenoxy) is 1. The second kappa shape index (κ2) is 10.8. The Morgan fingerprint density at radius 1 is 1.13 bits per heavy atom.